The summed E-state index contributed by atoms with van der Waals surface area (Å²) in [4.78, 5) is 31.9. The molecule has 8 nitrogen and oxygen atoms in total. The largest absolute Gasteiger partial charge is 0.448 e. The van der Waals surface area contributed by atoms with Gasteiger partial charge in [0.1, 0.15) is 17.6 Å². The van der Waals surface area contributed by atoms with Crippen LogP contribution in [0.1, 0.15) is 17.0 Å². The molecule has 0 aliphatic rings. The van der Waals surface area contributed by atoms with Crippen LogP contribution in [-0.4, -0.2) is 37.2 Å². The highest BCUT2D eigenvalue weighted by atomic mass is 16.3. The van der Waals surface area contributed by atoms with Crippen molar-refractivity contribution in [1.29, 1.82) is 0 Å². The van der Waals surface area contributed by atoms with Crippen LogP contribution >= 0.6 is 0 Å². The molecular formula is C25H23N5O3. The van der Waals surface area contributed by atoms with Crippen LogP contribution in [0.3, 0.4) is 0 Å². The Morgan fingerprint density at radius 2 is 1.79 bits per heavy atom. The van der Waals surface area contributed by atoms with Crippen molar-refractivity contribution in [2.24, 2.45) is 0 Å². The molecule has 33 heavy (non-hydrogen) atoms. The minimum Gasteiger partial charge on any atom is -0.448 e. The van der Waals surface area contributed by atoms with Gasteiger partial charge in [-0.3, -0.25) is 14.2 Å². The van der Waals surface area contributed by atoms with Gasteiger partial charge in [-0.15, -0.1) is 0 Å². The van der Waals surface area contributed by atoms with E-state index in [0.29, 0.717) is 17.6 Å². The second-order valence-electron chi connectivity index (χ2n) is 8.10. The van der Waals surface area contributed by atoms with Crippen LogP contribution in [0.5, 0.6) is 0 Å². The fourth-order valence-electron chi connectivity index (χ4n) is 4.04. The number of fused-ring (bicyclic) bond motifs is 3. The number of hydrogen-bond donors (Lipinski definition) is 0. The maximum absolute atomic E-state index is 13.0. The van der Waals surface area contributed by atoms with Gasteiger partial charge in [-0.05, 0) is 38.1 Å². The second kappa shape index (κ2) is 8.05. The lowest BCUT2D eigenvalue weighted by Crippen LogP contribution is -2.33. The van der Waals surface area contributed by atoms with Crippen LogP contribution in [0.25, 0.3) is 27.8 Å². The molecule has 0 atom stereocenters. The van der Waals surface area contributed by atoms with Gasteiger partial charge < -0.3 is 9.32 Å². The first-order chi connectivity index (χ1) is 15.9. The Kier molecular flexibility index (Phi) is 5.05. The van der Waals surface area contributed by atoms with Crippen molar-refractivity contribution in [3.63, 3.8) is 0 Å². The van der Waals surface area contributed by atoms with E-state index in [4.69, 9.17) is 4.42 Å². The standard InChI is InChI=1S/C25H23N5O3/c1-16-20(17(2)30(27-16)18-9-5-4-6-10-18)13-28(3)22(31)14-29-15-26-23-19-11-7-8-12-21(19)33-24(23)25(29)32/h4-12,15H,13-14H2,1-3H3. The third kappa shape index (κ3) is 3.59. The number of aryl methyl sites for hydroxylation is 1. The zero-order valence-corrected chi connectivity index (χ0v) is 18.6. The number of likely N-dealkylation sites (N-methyl/N-ethyl adjacent to an activating group) is 1. The first kappa shape index (κ1) is 20.7. The zero-order valence-electron chi connectivity index (χ0n) is 18.6. The molecule has 0 aliphatic heterocycles. The number of carbonyl (C=O) groups excluding carboxylic acids is 1. The quantitative estimate of drug-likeness (QED) is 0.416. The Hall–Kier alpha value is -4.20. The predicted molar refractivity (Wildman–Crippen MR) is 125 cm³/mol. The van der Waals surface area contributed by atoms with E-state index in [1.807, 2.05) is 67.1 Å². The lowest BCUT2D eigenvalue weighted by molar-refractivity contribution is -0.131. The molecule has 0 bridgehead atoms. The Bertz CT molecular complexity index is 1550. The second-order valence-corrected chi connectivity index (χ2v) is 8.10. The van der Waals surface area contributed by atoms with Gasteiger partial charge in [0.15, 0.2) is 0 Å². The molecule has 0 spiro atoms. The smallest absolute Gasteiger partial charge is 0.297 e. The van der Waals surface area contributed by atoms with Crippen molar-refractivity contribution in [2.75, 3.05) is 7.05 Å². The van der Waals surface area contributed by atoms with Gasteiger partial charge in [0.25, 0.3) is 5.56 Å². The summed E-state index contributed by atoms with van der Waals surface area (Å²) in [5, 5.41) is 5.43. The van der Waals surface area contributed by atoms with Gasteiger partial charge in [0, 0.05) is 30.2 Å². The highest BCUT2D eigenvalue weighted by molar-refractivity contribution is 6.01. The molecule has 166 valence electrons. The number of carbonyl (C=O) groups is 1. The summed E-state index contributed by atoms with van der Waals surface area (Å²) >= 11 is 0. The first-order valence-corrected chi connectivity index (χ1v) is 10.6. The van der Waals surface area contributed by atoms with E-state index >= 15 is 0 Å². The van der Waals surface area contributed by atoms with E-state index in [-0.39, 0.29) is 23.6 Å². The van der Waals surface area contributed by atoms with Gasteiger partial charge in [-0.2, -0.15) is 5.10 Å². The van der Waals surface area contributed by atoms with Crippen molar-refractivity contribution in [2.45, 2.75) is 26.9 Å². The SMILES string of the molecule is Cc1nn(-c2ccccc2)c(C)c1CN(C)C(=O)Cn1cnc2c(oc3ccccc32)c1=O. The average molecular weight is 441 g/mol. The van der Waals surface area contributed by atoms with E-state index < -0.39 is 0 Å². The summed E-state index contributed by atoms with van der Waals surface area (Å²) in [7, 11) is 1.72. The van der Waals surface area contributed by atoms with E-state index in [2.05, 4.69) is 10.1 Å². The van der Waals surface area contributed by atoms with Crippen molar-refractivity contribution >= 4 is 28.0 Å². The fourth-order valence-corrected chi connectivity index (χ4v) is 4.04. The van der Waals surface area contributed by atoms with Crippen molar-refractivity contribution in [3.05, 3.63) is 88.2 Å². The van der Waals surface area contributed by atoms with Gasteiger partial charge in [0.05, 0.1) is 17.7 Å². The lowest BCUT2D eigenvalue weighted by Gasteiger charge is -2.18. The minimum atomic E-state index is -0.373. The van der Waals surface area contributed by atoms with Gasteiger partial charge in [-0.1, -0.05) is 30.3 Å². The molecule has 3 heterocycles. The normalized spacial score (nSPS) is 11.4. The van der Waals surface area contributed by atoms with Crippen LogP contribution in [0, 0.1) is 13.8 Å². The maximum Gasteiger partial charge on any atom is 0.297 e. The number of rotatable bonds is 5. The molecule has 0 aliphatic carbocycles. The molecular weight excluding hydrogens is 418 g/mol. The number of aromatic nitrogens is 4. The Labute approximate surface area is 189 Å². The topological polar surface area (TPSA) is 86.2 Å². The molecule has 0 radical (unpaired) electrons. The molecule has 8 heteroatoms. The predicted octanol–water partition coefficient (Wildman–Crippen LogP) is 3.60. The highest BCUT2D eigenvalue weighted by Crippen LogP contribution is 2.24. The van der Waals surface area contributed by atoms with Crippen LogP contribution < -0.4 is 5.56 Å². The summed E-state index contributed by atoms with van der Waals surface area (Å²) in [6.07, 6.45) is 1.41. The minimum absolute atomic E-state index is 0.125. The average Bonchev–Trinajstić information content (AvgIpc) is 3.34. The van der Waals surface area contributed by atoms with E-state index in [1.54, 1.807) is 18.0 Å². The van der Waals surface area contributed by atoms with Crippen molar-refractivity contribution in [3.8, 4) is 5.69 Å². The first-order valence-electron chi connectivity index (χ1n) is 10.6. The van der Waals surface area contributed by atoms with Gasteiger partial charge in [0.2, 0.25) is 11.5 Å². The lowest BCUT2D eigenvalue weighted by atomic mass is 10.2. The van der Waals surface area contributed by atoms with Crippen LogP contribution in [0.4, 0.5) is 0 Å². The summed E-state index contributed by atoms with van der Waals surface area (Å²) in [6.45, 7) is 4.19. The summed E-state index contributed by atoms with van der Waals surface area (Å²) < 4.78 is 8.88. The number of furan rings is 1. The molecule has 0 saturated carbocycles. The summed E-state index contributed by atoms with van der Waals surface area (Å²) in [5.41, 5.74) is 4.67. The van der Waals surface area contributed by atoms with Gasteiger partial charge >= 0.3 is 0 Å². The fraction of sp³-hybridized carbons (Fsp3) is 0.200. The Morgan fingerprint density at radius 3 is 2.58 bits per heavy atom. The van der Waals surface area contributed by atoms with Crippen LogP contribution in [0.15, 0.2) is 70.1 Å². The third-order valence-electron chi connectivity index (χ3n) is 5.92. The Morgan fingerprint density at radius 1 is 1.06 bits per heavy atom. The molecule has 0 N–H and O–H groups in total. The van der Waals surface area contributed by atoms with E-state index in [0.717, 1.165) is 28.0 Å². The van der Waals surface area contributed by atoms with E-state index in [1.165, 1.54) is 10.9 Å². The maximum atomic E-state index is 13.0. The molecule has 1 amide bonds. The number of nitrogens with zero attached hydrogens (tertiary/aromatic N) is 5. The molecule has 0 fully saturated rings. The number of para-hydroxylation sites is 2. The Balaban J connectivity index is 1.38. The number of benzene rings is 2. The summed E-state index contributed by atoms with van der Waals surface area (Å²) in [6, 6.07) is 17.2. The molecule has 5 aromatic rings. The van der Waals surface area contributed by atoms with Crippen molar-refractivity contribution < 1.29 is 9.21 Å². The van der Waals surface area contributed by atoms with Gasteiger partial charge in [-0.25, -0.2) is 9.67 Å². The molecule has 5 rings (SSSR count). The molecule has 0 unspecified atom stereocenters. The monoisotopic (exact) mass is 441 g/mol. The molecule has 0 saturated heterocycles. The number of hydrogen-bond acceptors (Lipinski definition) is 5. The summed E-state index contributed by atoms with van der Waals surface area (Å²) in [5.74, 6) is -0.208. The van der Waals surface area contributed by atoms with Crippen LogP contribution in [-0.2, 0) is 17.9 Å². The van der Waals surface area contributed by atoms with Crippen molar-refractivity contribution in [1.82, 2.24) is 24.2 Å². The molecule has 2 aromatic carbocycles. The van der Waals surface area contributed by atoms with Crippen LogP contribution in [0.2, 0.25) is 0 Å². The number of amides is 1. The van der Waals surface area contributed by atoms with E-state index in [9.17, 15) is 9.59 Å². The third-order valence-corrected chi connectivity index (χ3v) is 5.92. The highest BCUT2D eigenvalue weighted by Gasteiger charge is 2.19. The zero-order chi connectivity index (χ0) is 23.1. The molecule has 3 aromatic heterocycles.